The molecule has 6 nitrogen and oxygen atoms in total. The van der Waals surface area contributed by atoms with Crippen LogP contribution in [0.4, 0.5) is 11.4 Å². The van der Waals surface area contributed by atoms with Crippen LogP contribution in [0, 0.1) is 0 Å². The fourth-order valence-corrected chi connectivity index (χ4v) is 6.19. The van der Waals surface area contributed by atoms with Crippen molar-refractivity contribution in [3.63, 3.8) is 0 Å². The van der Waals surface area contributed by atoms with Gasteiger partial charge in [0.15, 0.2) is 0 Å². The Morgan fingerprint density at radius 2 is 1.82 bits per heavy atom. The van der Waals surface area contributed by atoms with Crippen molar-refractivity contribution in [2.24, 2.45) is 0 Å². The number of thioether (sulfide) groups is 1. The Kier molecular flexibility index (Phi) is 5.61. The Hall–Kier alpha value is -2.03. The Morgan fingerprint density at radius 3 is 2.64 bits per heavy atom. The van der Waals surface area contributed by atoms with Crippen molar-refractivity contribution < 1.29 is 13.2 Å². The summed E-state index contributed by atoms with van der Waals surface area (Å²) in [6, 6.07) is 14.6. The molecule has 2 aliphatic heterocycles. The highest BCUT2D eigenvalue weighted by Crippen LogP contribution is 2.34. The van der Waals surface area contributed by atoms with Crippen molar-refractivity contribution in [1.82, 2.24) is 4.31 Å². The number of fused-ring (bicyclic) bond motifs is 1. The van der Waals surface area contributed by atoms with Gasteiger partial charge < -0.3 is 10.2 Å². The number of anilines is 2. The molecule has 1 fully saturated rings. The fraction of sp³-hybridized carbons (Fsp3) is 0.350. The second kappa shape index (κ2) is 8.14. The van der Waals surface area contributed by atoms with Gasteiger partial charge in [-0.25, -0.2) is 8.42 Å². The van der Waals surface area contributed by atoms with E-state index in [0.29, 0.717) is 18.8 Å². The molecule has 2 aromatic carbocycles. The molecule has 0 bridgehead atoms. The van der Waals surface area contributed by atoms with E-state index < -0.39 is 10.0 Å². The minimum Gasteiger partial charge on any atom is -0.360 e. The standard InChI is InChI=1S/C20H23N3O3S2/c24-20(15-22-12-13-27-19-9-2-1-8-18(19)22)21-16-6-5-7-17(14-16)28(25,26)23-10-3-4-11-23/h1-2,5-9,14H,3-4,10-13,15H2,(H,21,24). The van der Waals surface area contributed by atoms with Gasteiger partial charge in [0.1, 0.15) is 0 Å². The third-order valence-electron chi connectivity index (χ3n) is 4.98. The third kappa shape index (κ3) is 4.04. The summed E-state index contributed by atoms with van der Waals surface area (Å²) in [4.78, 5) is 16.1. The minimum absolute atomic E-state index is 0.155. The summed E-state index contributed by atoms with van der Waals surface area (Å²) in [6.45, 7) is 2.16. The van der Waals surface area contributed by atoms with E-state index in [-0.39, 0.29) is 17.3 Å². The normalized spacial score (nSPS) is 17.4. The number of carbonyl (C=O) groups excluding carboxylic acids is 1. The number of rotatable bonds is 5. The lowest BCUT2D eigenvalue weighted by Gasteiger charge is -2.30. The molecule has 8 heteroatoms. The molecule has 1 saturated heterocycles. The van der Waals surface area contributed by atoms with Crippen molar-refractivity contribution in [1.29, 1.82) is 0 Å². The number of carbonyl (C=O) groups is 1. The highest BCUT2D eigenvalue weighted by molar-refractivity contribution is 7.99. The predicted octanol–water partition coefficient (Wildman–Crippen LogP) is 3.02. The van der Waals surface area contributed by atoms with Gasteiger partial charge in [-0.05, 0) is 43.2 Å². The number of nitrogens with one attached hydrogen (secondary N) is 1. The van der Waals surface area contributed by atoms with Crippen LogP contribution < -0.4 is 10.2 Å². The molecule has 0 spiro atoms. The van der Waals surface area contributed by atoms with Crippen molar-refractivity contribution >= 4 is 39.1 Å². The van der Waals surface area contributed by atoms with E-state index in [9.17, 15) is 13.2 Å². The molecular weight excluding hydrogens is 394 g/mol. The van der Waals surface area contributed by atoms with Crippen LogP contribution >= 0.6 is 11.8 Å². The zero-order valence-electron chi connectivity index (χ0n) is 15.5. The van der Waals surface area contributed by atoms with Gasteiger partial charge in [0.25, 0.3) is 0 Å². The third-order valence-corrected chi connectivity index (χ3v) is 7.92. The van der Waals surface area contributed by atoms with Crippen LogP contribution in [0.3, 0.4) is 0 Å². The van der Waals surface area contributed by atoms with Crippen LogP contribution in [-0.4, -0.2) is 50.6 Å². The Balaban J connectivity index is 1.46. The van der Waals surface area contributed by atoms with Crippen LogP contribution in [0.2, 0.25) is 0 Å². The summed E-state index contributed by atoms with van der Waals surface area (Å²) >= 11 is 1.80. The van der Waals surface area contributed by atoms with Crippen LogP contribution in [-0.2, 0) is 14.8 Å². The number of para-hydroxylation sites is 1. The zero-order chi connectivity index (χ0) is 19.6. The Bertz CT molecular complexity index is 972. The molecule has 0 unspecified atom stereocenters. The zero-order valence-corrected chi connectivity index (χ0v) is 17.1. The lowest BCUT2D eigenvalue weighted by molar-refractivity contribution is -0.115. The molecule has 1 N–H and O–H groups in total. The van der Waals surface area contributed by atoms with E-state index in [0.717, 1.165) is 30.8 Å². The maximum absolute atomic E-state index is 12.7. The first-order valence-corrected chi connectivity index (χ1v) is 11.8. The SMILES string of the molecule is O=C(CN1CCSc2ccccc21)Nc1cccc(S(=O)(=O)N2CCCC2)c1. The smallest absolute Gasteiger partial charge is 0.243 e. The van der Waals surface area contributed by atoms with Crippen molar-refractivity contribution in [2.75, 3.05) is 42.1 Å². The second-order valence-electron chi connectivity index (χ2n) is 6.92. The first kappa shape index (κ1) is 19.3. The summed E-state index contributed by atoms with van der Waals surface area (Å²) in [5.41, 5.74) is 1.57. The van der Waals surface area contributed by atoms with E-state index in [1.54, 1.807) is 36.0 Å². The predicted molar refractivity (Wildman–Crippen MR) is 112 cm³/mol. The minimum atomic E-state index is -3.50. The molecule has 28 heavy (non-hydrogen) atoms. The van der Waals surface area contributed by atoms with Crippen LogP contribution in [0.5, 0.6) is 0 Å². The van der Waals surface area contributed by atoms with Crippen LogP contribution in [0.15, 0.2) is 58.3 Å². The quantitative estimate of drug-likeness (QED) is 0.810. The molecule has 0 atom stereocenters. The summed E-state index contributed by atoms with van der Waals surface area (Å²) < 4.78 is 27.0. The lowest BCUT2D eigenvalue weighted by Crippen LogP contribution is -2.36. The average Bonchev–Trinajstić information content (AvgIpc) is 3.24. The topological polar surface area (TPSA) is 69.7 Å². The van der Waals surface area contributed by atoms with Gasteiger partial charge in [-0.2, -0.15) is 4.31 Å². The first-order valence-electron chi connectivity index (χ1n) is 9.41. The van der Waals surface area contributed by atoms with Gasteiger partial charge in [-0.3, -0.25) is 4.79 Å². The molecule has 2 heterocycles. The van der Waals surface area contributed by atoms with E-state index in [1.807, 2.05) is 18.2 Å². The molecule has 0 saturated carbocycles. The van der Waals surface area contributed by atoms with Gasteiger partial charge >= 0.3 is 0 Å². The summed E-state index contributed by atoms with van der Waals surface area (Å²) in [6.07, 6.45) is 1.79. The van der Waals surface area contributed by atoms with E-state index in [2.05, 4.69) is 16.3 Å². The van der Waals surface area contributed by atoms with E-state index >= 15 is 0 Å². The number of hydrogen-bond donors (Lipinski definition) is 1. The Morgan fingerprint density at radius 1 is 1.04 bits per heavy atom. The van der Waals surface area contributed by atoms with Gasteiger partial charge in [-0.15, -0.1) is 11.8 Å². The number of benzene rings is 2. The van der Waals surface area contributed by atoms with Crippen molar-refractivity contribution in [3.8, 4) is 0 Å². The maximum Gasteiger partial charge on any atom is 0.243 e. The molecule has 4 rings (SSSR count). The van der Waals surface area contributed by atoms with Gasteiger partial charge in [0.05, 0.1) is 17.1 Å². The molecule has 2 aliphatic rings. The first-order chi connectivity index (χ1) is 13.5. The molecule has 0 radical (unpaired) electrons. The van der Waals surface area contributed by atoms with Crippen LogP contribution in [0.1, 0.15) is 12.8 Å². The van der Waals surface area contributed by atoms with E-state index in [4.69, 9.17) is 0 Å². The van der Waals surface area contributed by atoms with Crippen molar-refractivity contribution in [3.05, 3.63) is 48.5 Å². The van der Waals surface area contributed by atoms with Gasteiger partial charge in [-0.1, -0.05) is 18.2 Å². The van der Waals surface area contributed by atoms with Crippen LogP contribution in [0.25, 0.3) is 0 Å². The van der Waals surface area contributed by atoms with Crippen molar-refractivity contribution in [2.45, 2.75) is 22.6 Å². The van der Waals surface area contributed by atoms with Gasteiger partial charge in [0.2, 0.25) is 15.9 Å². The summed E-state index contributed by atoms with van der Waals surface area (Å²) in [7, 11) is -3.50. The molecule has 0 aliphatic carbocycles. The molecule has 2 aromatic rings. The highest BCUT2D eigenvalue weighted by Gasteiger charge is 2.27. The van der Waals surface area contributed by atoms with E-state index in [1.165, 1.54) is 9.20 Å². The number of nitrogens with zero attached hydrogens (tertiary/aromatic N) is 2. The fourth-order valence-electron chi connectivity index (χ4n) is 3.58. The molecule has 148 valence electrons. The summed E-state index contributed by atoms with van der Waals surface area (Å²) in [5, 5.41) is 2.85. The lowest BCUT2D eigenvalue weighted by atomic mass is 10.2. The summed E-state index contributed by atoms with van der Waals surface area (Å²) in [5.74, 6) is 0.783. The molecule has 0 aromatic heterocycles. The monoisotopic (exact) mass is 417 g/mol. The number of hydrogen-bond acceptors (Lipinski definition) is 5. The largest absolute Gasteiger partial charge is 0.360 e. The molecule has 1 amide bonds. The number of amides is 1. The highest BCUT2D eigenvalue weighted by atomic mass is 32.2. The second-order valence-corrected chi connectivity index (χ2v) is 10.00. The molecular formula is C20H23N3O3S2. The van der Waals surface area contributed by atoms with Gasteiger partial charge in [0, 0.05) is 36.0 Å². The average molecular weight is 418 g/mol. The Labute approximate surface area is 170 Å². The number of sulfonamides is 1. The maximum atomic E-state index is 12.7.